The Kier molecular flexibility index (Phi) is 5.20. The zero-order valence-electron chi connectivity index (χ0n) is 16.4. The second kappa shape index (κ2) is 7.41. The van der Waals surface area contributed by atoms with Gasteiger partial charge >= 0.3 is 0 Å². The Hall–Kier alpha value is -1.91. The summed E-state index contributed by atoms with van der Waals surface area (Å²) in [6, 6.07) is 2.55. The van der Waals surface area contributed by atoms with Crippen LogP contribution in [0.5, 0.6) is 0 Å². The van der Waals surface area contributed by atoms with Crippen LogP contribution in [0, 0.1) is 17.0 Å². The summed E-state index contributed by atoms with van der Waals surface area (Å²) in [5.74, 6) is -0.639. The van der Waals surface area contributed by atoms with E-state index in [0.717, 1.165) is 25.2 Å². The number of rotatable bonds is 4. The van der Waals surface area contributed by atoms with Crippen LogP contribution in [0.25, 0.3) is 0 Å². The van der Waals surface area contributed by atoms with Crippen molar-refractivity contribution in [1.82, 2.24) is 19.4 Å². The van der Waals surface area contributed by atoms with Crippen molar-refractivity contribution in [3.8, 4) is 0 Å². The first-order valence-corrected chi connectivity index (χ1v) is 11.2. The molecule has 0 radical (unpaired) electrons. The number of hydrogen-bond acceptors (Lipinski definition) is 6. The number of nitrogens with zero attached hydrogens (tertiary/aromatic N) is 4. The van der Waals surface area contributed by atoms with Crippen molar-refractivity contribution < 1.29 is 21.6 Å². The zero-order valence-corrected chi connectivity index (χ0v) is 17.3. The number of hydrogen-bond donors (Lipinski definition) is 0. The van der Waals surface area contributed by atoms with Crippen LogP contribution < -0.4 is 0 Å². The third-order valence-electron chi connectivity index (χ3n) is 6.13. The van der Waals surface area contributed by atoms with Crippen molar-refractivity contribution in [2.24, 2.45) is 5.41 Å². The molecule has 2 aromatic rings. The fourth-order valence-electron chi connectivity index (χ4n) is 4.61. The summed E-state index contributed by atoms with van der Waals surface area (Å²) in [6.45, 7) is 4.05. The maximum absolute atomic E-state index is 14.1. The van der Waals surface area contributed by atoms with Crippen LogP contribution in [0.15, 0.2) is 27.5 Å². The number of likely N-dealkylation sites (N-methyl/N-ethyl adjacent to an activating group) is 1. The van der Waals surface area contributed by atoms with E-state index in [1.807, 2.05) is 14.0 Å². The molecule has 0 amide bonds. The fourth-order valence-corrected chi connectivity index (χ4v) is 6.10. The molecule has 7 nitrogen and oxygen atoms in total. The highest BCUT2D eigenvalue weighted by Crippen LogP contribution is 2.49. The lowest BCUT2D eigenvalue weighted by atomic mass is 9.71. The van der Waals surface area contributed by atoms with Crippen LogP contribution >= 0.6 is 0 Å². The van der Waals surface area contributed by atoms with Crippen molar-refractivity contribution in [3.05, 3.63) is 41.6 Å². The molecule has 29 heavy (non-hydrogen) atoms. The van der Waals surface area contributed by atoms with Gasteiger partial charge < -0.3 is 9.32 Å². The van der Waals surface area contributed by atoms with Gasteiger partial charge in [0.25, 0.3) is 0 Å². The van der Waals surface area contributed by atoms with Crippen molar-refractivity contribution in [2.45, 2.75) is 37.0 Å². The van der Waals surface area contributed by atoms with Gasteiger partial charge in [-0.25, -0.2) is 17.2 Å². The second-order valence-corrected chi connectivity index (χ2v) is 9.88. The van der Waals surface area contributed by atoms with Gasteiger partial charge in [-0.2, -0.15) is 4.31 Å². The summed E-state index contributed by atoms with van der Waals surface area (Å²) in [5.41, 5.74) is -0.167. The molecule has 10 heteroatoms. The first-order chi connectivity index (χ1) is 13.7. The number of aromatic nitrogens is 2. The van der Waals surface area contributed by atoms with Gasteiger partial charge in [0.1, 0.15) is 16.5 Å². The molecule has 2 aliphatic rings. The molecule has 0 N–H and O–H groups in total. The van der Waals surface area contributed by atoms with Crippen molar-refractivity contribution >= 4 is 10.0 Å². The summed E-state index contributed by atoms with van der Waals surface area (Å²) >= 11 is 0. The predicted molar refractivity (Wildman–Crippen MR) is 101 cm³/mol. The van der Waals surface area contributed by atoms with E-state index in [1.54, 1.807) is 0 Å². The quantitative estimate of drug-likeness (QED) is 0.747. The number of sulfonamides is 1. The molecule has 3 heterocycles. The normalized spacial score (nSPS) is 23.1. The largest absolute Gasteiger partial charge is 0.425 e. The van der Waals surface area contributed by atoms with Crippen molar-refractivity contribution in [1.29, 1.82) is 0 Å². The molecular weight excluding hydrogens is 402 g/mol. The summed E-state index contributed by atoms with van der Waals surface area (Å²) in [4.78, 5) is 1.71. The van der Waals surface area contributed by atoms with Gasteiger partial charge in [-0.15, -0.1) is 10.2 Å². The van der Waals surface area contributed by atoms with Gasteiger partial charge in [-0.05, 0) is 37.4 Å². The highest BCUT2D eigenvalue weighted by Gasteiger charge is 2.51. The van der Waals surface area contributed by atoms with E-state index in [4.69, 9.17) is 4.42 Å². The second-order valence-electron chi connectivity index (χ2n) is 7.98. The Bertz CT molecular complexity index is 1000. The predicted octanol–water partition coefficient (Wildman–Crippen LogP) is 2.41. The summed E-state index contributed by atoms with van der Waals surface area (Å²) < 4.78 is 60.1. The fraction of sp³-hybridized carbons (Fsp3) is 0.579. The third kappa shape index (κ3) is 3.57. The van der Waals surface area contributed by atoms with Gasteiger partial charge in [-0.3, -0.25) is 0 Å². The molecule has 1 spiro atoms. The molecule has 1 aromatic heterocycles. The Morgan fingerprint density at radius 1 is 1.24 bits per heavy atom. The average molecular weight is 426 g/mol. The highest BCUT2D eigenvalue weighted by molar-refractivity contribution is 7.89. The molecule has 1 unspecified atom stereocenters. The summed E-state index contributed by atoms with van der Waals surface area (Å²) in [7, 11) is -2.00. The molecule has 158 valence electrons. The Balaban J connectivity index is 1.55. The van der Waals surface area contributed by atoms with Crippen LogP contribution in [-0.4, -0.2) is 61.0 Å². The van der Waals surface area contributed by atoms with Crippen molar-refractivity contribution in [3.63, 3.8) is 0 Å². The Morgan fingerprint density at radius 2 is 1.97 bits per heavy atom. The molecule has 2 fully saturated rings. The minimum atomic E-state index is -4.02. The van der Waals surface area contributed by atoms with E-state index in [0.29, 0.717) is 37.1 Å². The maximum Gasteiger partial charge on any atom is 0.245 e. The van der Waals surface area contributed by atoms with Gasteiger partial charge in [0.15, 0.2) is 0 Å². The number of benzene rings is 1. The van der Waals surface area contributed by atoms with E-state index in [-0.39, 0.29) is 24.4 Å². The van der Waals surface area contributed by atoms with Crippen molar-refractivity contribution in [2.75, 3.05) is 33.2 Å². The molecule has 4 rings (SSSR count). The number of likely N-dealkylation sites (tertiary alicyclic amines) is 1. The smallest absolute Gasteiger partial charge is 0.245 e. The monoisotopic (exact) mass is 426 g/mol. The highest BCUT2D eigenvalue weighted by atomic mass is 32.2. The molecule has 1 atom stereocenters. The SMILES string of the molecule is CCc1nnc(C2CN(C)CC23CCN(S(=O)(=O)c2ccc(F)cc2F)CC3)o1. The molecular formula is C19H24F2N4O3S. The summed E-state index contributed by atoms with van der Waals surface area (Å²) in [6.07, 6.45) is 1.87. The Labute approximate surface area is 168 Å². The lowest BCUT2D eigenvalue weighted by Crippen LogP contribution is -2.46. The van der Waals surface area contributed by atoms with Crippen LogP contribution in [0.3, 0.4) is 0 Å². The van der Waals surface area contributed by atoms with Crippen LogP contribution in [0.4, 0.5) is 8.78 Å². The Morgan fingerprint density at radius 3 is 2.59 bits per heavy atom. The van der Waals surface area contributed by atoms with E-state index in [9.17, 15) is 17.2 Å². The third-order valence-corrected chi connectivity index (χ3v) is 8.06. The van der Waals surface area contributed by atoms with Crippen LogP contribution in [0.1, 0.15) is 37.5 Å². The first kappa shape index (κ1) is 20.4. The van der Waals surface area contributed by atoms with Gasteiger partial charge in [0.2, 0.25) is 21.8 Å². The average Bonchev–Trinajstić information content (AvgIpc) is 3.26. The lowest BCUT2D eigenvalue weighted by molar-refractivity contribution is 0.134. The topological polar surface area (TPSA) is 79.5 Å². The standard InChI is InChI=1S/C19H24F2N4O3S/c1-3-17-22-23-18(28-17)14-11-24(2)12-19(14)6-8-25(9-7-19)29(26,27)16-5-4-13(20)10-15(16)21/h4-5,10,14H,3,6-9,11-12H2,1-2H3. The van der Waals surface area contributed by atoms with E-state index < -0.39 is 26.6 Å². The van der Waals surface area contributed by atoms with Crippen LogP contribution in [0.2, 0.25) is 0 Å². The number of piperidine rings is 1. The van der Waals surface area contributed by atoms with E-state index in [1.165, 1.54) is 4.31 Å². The lowest BCUT2D eigenvalue weighted by Gasteiger charge is -2.41. The molecule has 0 saturated carbocycles. The number of halogens is 2. The molecule has 0 bridgehead atoms. The van der Waals surface area contributed by atoms with E-state index >= 15 is 0 Å². The minimum absolute atomic E-state index is 0.0349. The van der Waals surface area contributed by atoms with Gasteiger partial charge in [0.05, 0.1) is 5.92 Å². The maximum atomic E-state index is 14.1. The molecule has 2 saturated heterocycles. The number of aryl methyl sites for hydroxylation is 1. The molecule has 2 aliphatic heterocycles. The minimum Gasteiger partial charge on any atom is -0.425 e. The summed E-state index contributed by atoms with van der Waals surface area (Å²) in [5, 5.41) is 8.31. The van der Waals surface area contributed by atoms with Gasteiger partial charge in [-0.1, -0.05) is 6.92 Å². The first-order valence-electron chi connectivity index (χ1n) is 9.71. The zero-order chi connectivity index (χ0) is 20.8. The molecule has 1 aromatic carbocycles. The molecule has 0 aliphatic carbocycles. The van der Waals surface area contributed by atoms with Gasteiger partial charge in [0, 0.05) is 38.7 Å². The van der Waals surface area contributed by atoms with E-state index in [2.05, 4.69) is 15.1 Å². The van der Waals surface area contributed by atoms with Crippen LogP contribution in [-0.2, 0) is 16.4 Å².